The lowest BCUT2D eigenvalue weighted by molar-refractivity contribution is -0.116. The molecule has 22 heavy (non-hydrogen) atoms. The Bertz CT molecular complexity index is 753. The molecule has 0 saturated carbocycles. The van der Waals surface area contributed by atoms with Crippen LogP contribution in [-0.2, 0) is 21.1 Å². The molecule has 0 spiro atoms. The average Bonchev–Trinajstić information content (AvgIpc) is 3.01. The van der Waals surface area contributed by atoms with Crippen molar-refractivity contribution in [2.24, 2.45) is 0 Å². The Labute approximate surface area is 139 Å². The molecular weight excluding hydrogens is 336 g/mol. The van der Waals surface area contributed by atoms with Crippen LogP contribution in [0.25, 0.3) is 9.75 Å². The van der Waals surface area contributed by atoms with Crippen molar-refractivity contribution in [3.8, 4) is 9.75 Å². The Morgan fingerprint density at radius 1 is 1.14 bits per heavy atom. The van der Waals surface area contributed by atoms with E-state index in [0.29, 0.717) is 12.8 Å². The molecule has 0 aliphatic heterocycles. The van der Waals surface area contributed by atoms with Crippen LogP contribution in [-0.4, -0.2) is 25.7 Å². The summed E-state index contributed by atoms with van der Waals surface area (Å²) in [5.74, 6) is -0.261. The molecule has 0 fully saturated rings. The first-order valence-electron chi connectivity index (χ1n) is 7.12. The molecule has 3 nitrogen and oxygen atoms in total. The number of Topliss-reactive ketones (excluding diaryl/α,β-unsaturated/α-hetero) is 1. The van der Waals surface area contributed by atoms with E-state index in [4.69, 9.17) is 0 Å². The zero-order valence-corrected chi connectivity index (χ0v) is 15.4. The average molecular weight is 357 g/mol. The fourth-order valence-electron chi connectivity index (χ4n) is 2.39. The van der Waals surface area contributed by atoms with Gasteiger partial charge in [-0.05, 0) is 57.4 Å². The fraction of sp³-hybridized carbons (Fsp3) is 0.438. The second-order valence-electron chi connectivity index (χ2n) is 5.50. The van der Waals surface area contributed by atoms with Gasteiger partial charge in [-0.2, -0.15) is 0 Å². The van der Waals surface area contributed by atoms with Gasteiger partial charge in [0.15, 0.2) is 9.84 Å². The number of hydrogen-bond donors (Lipinski definition) is 0. The zero-order chi connectivity index (χ0) is 16.3. The van der Waals surface area contributed by atoms with Crippen molar-refractivity contribution in [1.82, 2.24) is 0 Å². The highest BCUT2D eigenvalue weighted by atomic mass is 32.2. The summed E-state index contributed by atoms with van der Waals surface area (Å²) in [6, 6.07) is 8.45. The van der Waals surface area contributed by atoms with Gasteiger partial charge in [0, 0.05) is 25.8 Å². The standard InChI is InChI=1S/C16H20O3S3/c1-11-7-9-14(20-11)15-10-8-13(21-15)5-4-6-16(12(2)17)22(3,18)19/h7-10,16H,4-6H2,1-3H3. The first kappa shape index (κ1) is 17.4. The van der Waals surface area contributed by atoms with Crippen molar-refractivity contribution in [2.75, 3.05) is 6.26 Å². The lowest BCUT2D eigenvalue weighted by Crippen LogP contribution is -2.27. The minimum atomic E-state index is -3.30. The number of ketones is 1. The van der Waals surface area contributed by atoms with Gasteiger partial charge in [0.05, 0.1) is 0 Å². The largest absolute Gasteiger partial charge is 0.299 e. The van der Waals surface area contributed by atoms with Crippen molar-refractivity contribution in [2.45, 2.75) is 38.4 Å². The van der Waals surface area contributed by atoms with Gasteiger partial charge in [-0.25, -0.2) is 8.42 Å². The van der Waals surface area contributed by atoms with E-state index in [0.717, 1.165) is 12.7 Å². The zero-order valence-electron chi connectivity index (χ0n) is 13.0. The monoisotopic (exact) mass is 356 g/mol. The molecule has 2 aromatic rings. The van der Waals surface area contributed by atoms with Crippen molar-refractivity contribution in [1.29, 1.82) is 0 Å². The Morgan fingerprint density at radius 3 is 2.32 bits per heavy atom. The molecule has 0 saturated heterocycles. The lowest BCUT2D eigenvalue weighted by Gasteiger charge is -2.10. The summed E-state index contributed by atoms with van der Waals surface area (Å²) in [5, 5.41) is -0.855. The van der Waals surface area contributed by atoms with E-state index >= 15 is 0 Å². The van der Waals surface area contributed by atoms with Crippen LogP contribution in [0.2, 0.25) is 0 Å². The Morgan fingerprint density at radius 2 is 1.77 bits per heavy atom. The molecule has 0 radical (unpaired) electrons. The van der Waals surface area contributed by atoms with Gasteiger partial charge in [0.25, 0.3) is 0 Å². The number of sulfone groups is 1. The summed E-state index contributed by atoms with van der Waals surface area (Å²) in [4.78, 5) is 16.5. The third-order valence-electron chi connectivity index (χ3n) is 3.50. The van der Waals surface area contributed by atoms with E-state index in [-0.39, 0.29) is 5.78 Å². The van der Waals surface area contributed by atoms with Gasteiger partial charge in [0.2, 0.25) is 0 Å². The highest BCUT2D eigenvalue weighted by Crippen LogP contribution is 2.33. The van der Waals surface area contributed by atoms with Crippen molar-refractivity contribution in [3.05, 3.63) is 34.0 Å². The second-order valence-corrected chi connectivity index (χ2v) is 10.2. The van der Waals surface area contributed by atoms with Crippen LogP contribution in [0.4, 0.5) is 0 Å². The van der Waals surface area contributed by atoms with Crippen molar-refractivity contribution >= 4 is 38.3 Å². The van der Waals surface area contributed by atoms with Gasteiger partial charge < -0.3 is 0 Å². The highest BCUT2D eigenvalue weighted by Gasteiger charge is 2.24. The smallest absolute Gasteiger partial charge is 0.157 e. The van der Waals surface area contributed by atoms with Crippen molar-refractivity contribution < 1.29 is 13.2 Å². The van der Waals surface area contributed by atoms with Crippen LogP contribution in [0.5, 0.6) is 0 Å². The summed E-state index contributed by atoms with van der Waals surface area (Å²) in [5.41, 5.74) is 0. The van der Waals surface area contributed by atoms with E-state index < -0.39 is 15.1 Å². The van der Waals surface area contributed by atoms with Gasteiger partial charge in [0.1, 0.15) is 11.0 Å². The van der Waals surface area contributed by atoms with Crippen LogP contribution in [0, 0.1) is 6.92 Å². The number of hydrogen-bond acceptors (Lipinski definition) is 5. The molecule has 6 heteroatoms. The molecule has 0 aliphatic carbocycles. The van der Waals surface area contributed by atoms with Crippen LogP contribution < -0.4 is 0 Å². The third-order valence-corrected chi connectivity index (χ3v) is 7.45. The third kappa shape index (κ3) is 4.51. The minimum absolute atomic E-state index is 0.261. The maximum atomic E-state index is 11.6. The molecule has 2 heterocycles. The van der Waals surface area contributed by atoms with Crippen LogP contribution in [0.1, 0.15) is 29.5 Å². The molecule has 0 N–H and O–H groups in total. The molecular formula is C16H20O3S3. The summed E-state index contributed by atoms with van der Waals surface area (Å²) in [7, 11) is -3.30. The van der Waals surface area contributed by atoms with Gasteiger partial charge in [-0.15, -0.1) is 22.7 Å². The second kappa shape index (κ2) is 7.06. The molecule has 1 unspecified atom stereocenters. The first-order chi connectivity index (χ1) is 10.3. The topological polar surface area (TPSA) is 51.2 Å². The fourth-order valence-corrected chi connectivity index (χ4v) is 5.60. The van der Waals surface area contributed by atoms with Gasteiger partial charge in [-0.1, -0.05) is 0 Å². The SMILES string of the molecule is CC(=O)C(CCCc1ccc(-c2ccc(C)s2)s1)S(C)(=O)=O. The van der Waals surface area contributed by atoms with E-state index in [1.807, 2.05) is 0 Å². The van der Waals surface area contributed by atoms with E-state index in [9.17, 15) is 13.2 Å². The molecule has 120 valence electrons. The number of aryl methyl sites for hydroxylation is 2. The molecule has 2 aromatic heterocycles. The van der Waals surface area contributed by atoms with Crippen molar-refractivity contribution in [3.63, 3.8) is 0 Å². The predicted molar refractivity (Wildman–Crippen MR) is 94.6 cm³/mol. The molecule has 2 rings (SSSR count). The number of carbonyl (C=O) groups excluding carboxylic acids is 1. The normalized spacial score (nSPS) is 13.2. The Kier molecular flexibility index (Phi) is 5.58. The van der Waals surface area contributed by atoms with Gasteiger partial charge >= 0.3 is 0 Å². The maximum Gasteiger partial charge on any atom is 0.157 e. The van der Waals surface area contributed by atoms with Crippen LogP contribution in [0.15, 0.2) is 24.3 Å². The van der Waals surface area contributed by atoms with Crippen LogP contribution >= 0.6 is 22.7 Å². The summed E-state index contributed by atoms with van der Waals surface area (Å²) in [6.07, 6.45) is 3.07. The molecule has 0 aromatic carbocycles. The van der Waals surface area contributed by atoms with Crippen LogP contribution in [0.3, 0.4) is 0 Å². The Hall–Kier alpha value is -0.980. The first-order valence-corrected chi connectivity index (χ1v) is 10.7. The van der Waals surface area contributed by atoms with E-state index in [1.165, 1.54) is 26.4 Å². The summed E-state index contributed by atoms with van der Waals surface area (Å²) < 4.78 is 23.2. The lowest BCUT2D eigenvalue weighted by atomic mass is 10.1. The quantitative estimate of drug-likeness (QED) is 0.750. The summed E-state index contributed by atoms with van der Waals surface area (Å²) in [6.45, 7) is 3.45. The molecule has 0 bridgehead atoms. The molecule has 0 amide bonds. The maximum absolute atomic E-state index is 11.6. The number of thiophene rings is 2. The van der Waals surface area contributed by atoms with E-state index in [1.54, 1.807) is 22.7 Å². The van der Waals surface area contributed by atoms with E-state index in [2.05, 4.69) is 31.2 Å². The number of carbonyl (C=O) groups is 1. The highest BCUT2D eigenvalue weighted by molar-refractivity contribution is 7.92. The van der Waals surface area contributed by atoms with Gasteiger partial charge in [-0.3, -0.25) is 4.79 Å². The Balaban J connectivity index is 1.95. The predicted octanol–water partition coefficient (Wildman–Crippen LogP) is 4.11. The number of rotatable bonds is 7. The molecule has 0 aliphatic rings. The summed E-state index contributed by atoms with van der Waals surface area (Å²) >= 11 is 3.52. The minimum Gasteiger partial charge on any atom is -0.299 e. The molecule has 1 atom stereocenters.